The van der Waals surface area contributed by atoms with Gasteiger partial charge >= 0.3 is 0 Å². The summed E-state index contributed by atoms with van der Waals surface area (Å²) in [6.45, 7) is 9.02. The number of pyridine rings is 4. The molecule has 0 aliphatic heterocycles. The quantitative estimate of drug-likeness (QED) is 0.0241. The minimum atomic E-state index is -0.00101. The Bertz CT molecular complexity index is 3160. The maximum Gasteiger partial charge on any atom is 0.188 e. The zero-order chi connectivity index (χ0) is 57.1. The zero-order valence-electron chi connectivity index (χ0n) is 49.9. The van der Waals surface area contributed by atoms with Crippen LogP contribution in [0.4, 0.5) is 0 Å². The summed E-state index contributed by atoms with van der Waals surface area (Å²) in [4.78, 5) is 19.3. The van der Waals surface area contributed by atoms with E-state index in [0.29, 0.717) is 22.6 Å². The van der Waals surface area contributed by atoms with Gasteiger partial charge in [-0.1, -0.05) is 190 Å². The fraction of sp³-hybridized carbons (Fsp3) is 0.405. The third-order valence-electron chi connectivity index (χ3n) is 15.4. The van der Waals surface area contributed by atoms with Crippen molar-refractivity contribution in [3.8, 4) is 69.1 Å². The van der Waals surface area contributed by atoms with Crippen LogP contribution in [0.5, 0.6) is 11.5 Å². The fourth-order valence-corrected chi connectivity index (χ4v) is 10.7. The van der Waals surface area contributed by atoms with E-state index in [1.165, 1.54) is 125 Å². The molecule has 0 atom stereocenters. The lowest BCUT2D eigenvalue weighted by atomic mass is 9.87. The molecule has 4 heterocycles. The van der Waals surface area contributed by atoms with Crippen LogP contribution in [0, 0.1) is 23.7 Å². The van der Waals surface area contributed by atoms with Crippen LogP contribution in [0.3, 0.4) is 0 Å². The van der Waals surface area contributed by atoms with Gasteiger partial charge in [0, 0.05) is 61.3 Å². The molecular formula is C74H86N4O4. The van der Waals surface area contributed by atoms with Gasteiger partial charge < -0.3 is 18.9 Å². The van der Waals surface area contributed by atoms with E-state index >= 15 is 0 Å². The lowest BCUT2D eigenvalue weighted by Gasteiger charge is -2.22. The van der Waals surface area contributed by atoms with Crippen LogP contribution in [0.25, 0.3) is 55.4 Å². The minimum absolute atomic E-state index is 0.00101. The summed E-state index contributed by atoms with van der Waals surface area (Å²) in [6, 6.07) is 34.5. The monoisotopic (exact) mass is 1090 g/mol. The Kier molecular flexibility index (Phi) is 24.4. The number of rotatable bonds is 31. The van der Waals surface area contributed by atoms with Crippen molar-refractivity contribution in [2.75, 3.05) is 27.8 Å². The van der Waals surface area contributed by atoms with Crippen molar-refractivity contribution in [3.05, 3.63) is 166 Å². The van der Waals surface area contributed by atoms with Crippen molar-refractivity contribution >= 4 is 21.5 Å². The van der Waals surface area contributed by atoms with Crippen molar-refractivity contribution in [3.63, 3.8) is 0 Å². The number of unbranched alkanes of at least 4 members (excludes halogenated alkanes) is 14. The number of fused-ring (bicyclic) bond motifs is 2. The lowest BCUT2D eigenvalue weighted by Crippen LogP contribution is -2.07. The highest BCUT2D eigenvalue weighted by Gasteiger charge is 2.25. The first-order valence-corrected chi connectivity index (χ1v) is 30.7. The Morgan fingerprint density at radius 1 is 0.341 bits per heavy atom. The number of hydrogen-bond acceptors (Lipinski definition) is 8. The summed E-state index contributed by atoms with van der Waals surface area (Å²) in [6.07, 6.45) is 33.7. The summed E-state index contributed by atoms with van der Waals surface area (Å²) in [5, 5.41) is 4.10. The first-order valence-electron chi connectivity index (χ1n) is 30.7. The van der Waals surface area contributed by atoms with Gasteiger partial charge in [0.25, 0.3) is 0 Å². The lowest BCUT2D eigenvalue weighted by molar-refractivity contribution is 0.0500. The molecule has 82 heavy (non-hydrogen) atoms. The molecule has 0 radical (unpaired) electrons. The highest BCUT2D eigenvalue weighted by molar-refractivity contribution is 6.12. The van der Waals surface area contributed by atoms with Gasteiger partial charge in [-0.25, -0.2) is 0 Å². The van der Waals surface area contributed by atoms with Gasteiger partial charge in [0.1, 0.15) is 11.5 Å². The predicted molar refractivity (Wildman–Crippen MR) is 339 cm³/mol. The third kappa shape index (κ3) is 17.3. The predicted octanol–water partition coefficient (Wildman–Crippen LogP) is 18.6. The Hall–Kier alpha value is -7.36. The summed E-state index contributed by atoms with van der Waals surface area (Å²) in [5.41, 5.74) is 13.0. The van der Waals surface area contributed by atoms with E-state index in [9.17, 15) is 0 Å². The molecule has 0 N–H and O–H groups in total. The largest absolute Gasteiger partial charge is 0.466 e. The Morgan fingerprint density at radius 2 is 0.683 bits per heavy atom. The standard InChI is InChI=1S/C74H86N4O4/c1-7-11-15-19-23-27-57-33-41-67(75-49-57)69-43-35-59(51-77-69)29-37-61-47-63-45-55(25-21-17-13-9-3)31-39-65(63)71(73(61)81-53-79-5)72-66-40-32-56(26-22-18-14-10-4)46-64(66)48-62(74(72)82-54-80-6)38-30-60-36-44-70(78-52-60)68-42-34-58(50-76-68)28-24-20-16-12-8-2/h31-36,39-52H,7-28,53-54H2,1-6H3. The van der Waals surface area contributed by atoms with Gasteiger partial charge in [-0.3, -0.25) is 19.9 Å². The van der Waals surface area contributed by atoms with Crippen LogP contribution in [-0.4, -0.2) is 47.7 Å². The van der Waals surface area contributed by atoms with Crippen LogP contribution in [0.1, 0.15) is 188 Å². The smallest absolute Gasteiger partial charge is 0.188 e. The third-order valence-corrected chi connectivity index (χ3v) is 15.4. The number of ether oxygens (including phenoxy) is 4. The fourth-order valence-electron chi connectivity index (χ4n) is 10.7. The van der Waals surface area contributed by atoms with Gasteiger partial charge in [0.2, 0.25) is 0 Å². The van der Waals surface area contributed by atoms with Crippen molar-refractivity contribution in [1.82, 2.24) is 19.9 Å². The molecule has 8 rings (SSSR count). The van der Waals surface area contributed by atoms with Gasteiger partial charge in [-0.05, 0) is 144 Å². The maximum atomic E-state index is 6.80. The topological polar surface area (TPSA) is 88.5 Å². The molecule has 0 saturated heterocycles. The summed E-state index contributed by atoms with van der Waals surface area (Å²) in [5.74, 6) is 15.3. The van der Waals surface area contributed by atoms with Crippen LogP contribution in [0.2, 0.25) is 0 Å². The normalized spacial score (nSPS) is 11.1. The number of aromatic nitrogens is 4. The molecule has 8 nitrogen and oxygen atoms in total. The highest BCUT2D eigenvalue weighted by atomic mass is 16.7. The molecule has 0 bridgehead atoms. The molecule has 0 fully saturated rings. The molecule has 0 aliphatic rings. The van der Waals surface area contributed by atoms with Crippen LogP contribution in [-0.2, 0) is 35.2 Å². The Labute approximate surface area is 490 Å². The number of nitrogens with zero attached hydrogens (tertiary/aromatic N) is 4. The molecule has 0 saturated carbocycles. The van der Waals surface area contributed by atoms with Gasteiger partial charge in [0.05, 0.1) is 33.9 Å². The summed E-state index contributed by atoms with van der Waals surface area (Å²) < 4.78 is 25.0. The van der Waals surface area contributed by atoms with E-state index in [0.717, 1.165) is 105 Å². The van der Waals surface area contributed by atoms with Gasteiger partial charge in [0.15, 0.2) is 13.6 Å². The molecule has 8 heteroatoms. The van der Waals surface area contributed by atoms with E-state index in [1.54, 1.807) is 14.2 Å². The Morgan fingerprint density at radius 3 is 1.02 bits per heavy atom. The SMILES string of the molecule is CCCCCCCc1ccc(-c2ccc(C#Cc3cc4cc(CCCCCC)ccc4c(-c4c(OCOC)c(C#Cc5ccc(-c6ccc(CCCCCCC)cn6)nc5)cc5cc(CCCCCC)ccc45)c3OCOC)cn2)nc1. The van der Waals surface area contributed by atoms with Crippen molar-refractivity contribution in [2.45, 2.75) is 169 Å². The van der Waals surface area contributed by atoms with E-state index in [-0.39, 0.29) is 13.6 Å². The Balaban J connectivity index is 1.23. The number of benzene rings is 4. The van der Waals surface area contributed by atoms with Crippen molar-refractivity contribution in [1.29, 1.82) is 0 Å². The zero-order valence-corrected chi connectivity index (χ0v) is 49.9. The van der Waals surface area contributed by atoms with E-state index in [4.69, 9.17) is 38.9 Å². The second kappa shape index (κ2) is 32.9. The second-order valence-electron chi connectivity index (χ2n) is 21.9. The average molecular weight is 1100 g/mol. The first kappa shape index (κ1) is 60.7. The molecule has 426 valence electrons. The molecule has 0 spiro atoms. The molecular weight excluding hydrogens is 1010 g/mol. The summed E-state index contributed by atoms with van der Waals surface area (Å²) >= 11 is 0. The van der Waals surface area contributed by atoms with E-state index < -0.39 is 0 Å². The maximum absolute atomic E-state index is 6.80. The van der Waals surface area contributed by atoms with Crippen LogP contribution < -0.4 is 9.47 Å². The van der Waals surface area contributed by atoms with Gasteiger partial charge in [-0.2, -0.15) is 0 Å². The molecule has 4 aromatic heterocycles. The first-order chi connectivity index (χ1) is 40.4. The highest BCUT2D eigenvalue weighted by Crippen LogP contribution is 2.49. The van der Waals surface area contributed by atoms with Crippen molar-refractivity contribution in [2.24, 2.45) is 0 Å². The average Bonchev–Trinajstić information content (AvgIpc) is 3.68. The molecule has 4 aromatic carbocycles. The molecule has 0 amide bonds. The molecule has 8 aromatic rings. The van der Waals surface area contributed by atoms with Crippen molar-refractivity contribution < 1.29 is 18.9 Å². The van der Waals surface area contributed by atoms with E-state index in [2.05, 4.69) is 124 Å². The van der Waals surface area contributed by atoms with Gasteiger partial charge in [-0.15, -0.1) is 0 Å². The second-order valence-corrected chi connectivity index (χ2v) is 21.9. The number of hydrogen-bond donors (Lipinski definition) is 0. The van der Waals surface area contributed by atoms with Crippen LogP contribution >= 0.6 is 0 Å². The van der Waals surface area contributed by atoms with E-state index in [1.807, 2.05) is 49.1 Å². The summed E-state index contributed by atoms with van der Waals surface area (Å²) in [7, 11) is 3.29. The number of aryl methyl sites for hydroxylation is 4. The number of methoxy groups -OCH3 is 2. The molecule has 0 unspecified atom stereocenters. The molecule has 0 aliphatic carbocycles. The minimum Gasteiger partial charge on any atom is -0.466 e. The van der Waals surface area contributed by atoms with Crippen LogP contribution in [0.15, 0.2) is 122 Å².